The highest BCUT2D eigenvalue weighted by Crippen LogP contribution is 2.32. The van der Waals surface area contributed by atoms with Gasteiger partial charge in [0.05, 0.1) is 5.69 Å². The molecule has 0 unspecified atom stereocenters. The number of hydrogen-bond donors (Lipinski definition) is 1. The topological polar surface area (TPSA) is 53.2 Å². The van der Waals surface area contributed by atoms with E-state index >= 15 is 0 Å². The van der Waals surface area contributed by atoms with Crippen LogP contribution in [0.4, 0.5) is 5.69 Å². The lowest BCUT2D eigenvalue weighted by molar-refractivity contribution is 0.101. The van der Waals surface area contributed by atoms with E-state index in [0.29, 0.717) is 16.8 Å². The maximum absolute atomic E-state index is 11.9. The maximum atomic E-state index is 11.9. The van der Waals surface area contributed by atoms with Crippen LogP contribution in [0.15, 0.2) is 24.3 Å². The molecule has 0 aliphatic carbocycles. The van der Waals surface area contributed by atoms with Gasteiger partial charge in [-0.25, -0.2) is 0 Å². The van der Waals surface area contributed by atoms with Crippen molar-refractivity contribution >= 4 is 17.8 Å². The van der Waals surface area contributed by atoms with Gasteiger partial charge in [0.1, 0.15) is 0 Å². The lowest BCUT2D eigenvalue weighted by Crippen LogP contribution is -2.17. The summed E-state index contributed by atoms with van der Waals surface area (Å²) < 4.78 is 0. The monoisotopic (exact) mass is 296 g/mol. The lowest BCUT2D eigenvalue weighted by Gasteiger charge is -2.17. The molecule has 1 N–H and O–H groups in total. The molecule has 1 aliphatic heterocycles. The zero-order valence-corrected chi connectivity index (χ0v) is 13.0. The number of nitrogens with zero attached hydrogens (tertiary/aromatic N) is 1. The highest BCUT2D eigenvalue weighted by molar-refractivity contribution is 6.06. The lowest BCUT2D eigenvalue weighted by atomic mass is 9.98. The second-order valence-corrected chi connectivity index (χ2v) is 5.83. The van der Waals surface area contributed by atoms with Gasteiger partial charge in [-0.3, -0.25) is 9.59 Å². The number of carbonyl (C=O) groups is 2. The van der Waals surface area contributed by atoms with Crippen molar-refractivity contribution in [2.75, 3.05) is 18.0 Å². The molecule has 0 radical (unpaired) electrons. The first-order chi connectivity index (χ1) is 10.6. The SMILES string of the molecule is CC(=O)c1c(C)[nH]c(C=O)c1-c1ccc(N2CCCC2)cc1. The minimum atomic E-state index is -0.0273. The molecular weight excluding hydrogens is 276 g/mol. The van der Waals surface area contributed by atoms with E-state index in [1.165, 1.54) is 25.5 Å². The molecule has 2 aromatic rings. The van der Waals surface area contributed by atoms with E-state index in [1.54, 1.807) is 0 Å². The summed E-state index contributed by atoms with van der Waals surface area (Å²) in [5.74, 6) is -0.0273. The van der Waals surface area contributed by atoms with Crippen LogP contribution in [-0.4, -0.2) is 30.1 Å². The molecule has 0 bridgehead atoms. The number of Topliss-reactive ketones (excluding diaryl/α,β-unsaturated/α-hetero) is 1. The molecule has 3 rings (SSSR count). The van der Waals surface area contributed by atoms with Crippen LogP contribution < -0.4 is 4.90 Å². The normalized spacial score (nSPS) is 14.4. The summed E-state index contributed by atoms with van der Waals surface area (Å²) in [6.45, 7) is 5.56. The Morgan fingerprint density at radius 2 is 1.82 bits per heavy atom. The Bertz CT molecular complexity index is 707. The highest BCUT2D eigenvalue weighted by Gasteiger charge is 2.20. The summed E-state index contributed by atoms with van der Waals surface area (Å²) in [5, 5.41) is 0. The fraction of sp³-hybridized carbons (Fsp3) is 0.333. The number of hydrogen-bond acceptors (Lipinski definition) is 3. The second-order valence-electron chi connectivity index (χ2n) is 5.83. The second kappa shape index (κ2) is 5.79. The van der Waals surface area contributed by atoms with E-state index in [4.69, 9.17) is 0 Å². The Kier molecular flexibility index (Phi) is 3.84. The first-order valence-electron chi connectivity index (χ1n) is 7.66. The molecule has 1 saturated heterocycles. The van der Waals surface area contributed by atoms with Crippen molar-refractivity contribution in [2.45, 2.75) is 26.7 Å². The fourth-order valence-corrected chi connectivity index (χ4v) is 3.29. The van der Waals surface area contributed by atoms with E-state index < -0.39 is 0 Å². The Balaban J connectivity index is 2.03. The third kappa shape index (κ3) is 2.45. The Hall–Kier alpha value is -2.36. The number of aryl methyl sites for hydroxylation is 1. The molecule has 4 heteroatoms. The number of aldehydes is 1. The molecule has 4 nitrogen and oxygen atoms in total. The summed E-state index contributed by atoms with van der Waals surface area (Å²) in [5.41, 5.74) is 4.64. The van der Waals surface area contributed by atoms with Crippen LogP contribution >= 0.6 is 0 Å². The minimum Gasteiger partial charge on any atom is -0.372 e. The van der Waals surface area contributed by atoms with Gasteiger partial charge in [0.2, 0.25) is 0 Å². The number of anilines is 1. The predicted octanol–water partition coefficient (Wildman–Crippen LogP) is 3.61. The zero-order chi connectivity index (χ0) is 15.7. The number of rotatable bonds is 4. The van der Waals surface area contributed by atoms with E-state index in [1.807, 2.05) is 19.1 Å². The fourth-order valence-electron chi connectivity index (χ4n) is 3.29. The summed E-state index contributed by atoms with van der Waals surface area (Å²) in [6, 6.07) is 8.13. The van der Waals surface area contributed by atoms with Gasteiger partial charge < -0.3 is 9.88 Å². The van der Waals surface area contributed by atoms with Crippen molar-refractivity contribution in [2.24, 2.45) is 0 Å². The number of H-pyrrole nitrogens is 1. The summed E-state index contributed by atoms with van der Waals surface area (Å²) >= 11 is 0. The number of ketones is 1. The van der Waals surface area contributed by atoms with Gasteiger partial charge in [-0.05, 0) is 44.4 Å². The van der Waals surface area contributed by atoms with E-state index in [0.717, 1.165) is 30.6 Å². The van der Waals surface area contributed by atoms with Crippen molar-refractivity contribution in [3.63, 3.8) is 0 Å². The molecule has 22 heavy (non-hydrogen) atoms. The number of aromatic nitrogens is 1. The Labute approximate surface area is 130 Å². The molecule has 1 aromatic carbocycles. The van der Waals surface area contributed by atoms with Gasteiger partial charge in [0, 0.05) is 35.6 Å². The Morgan fingerprint density at radius 1 is 1.18 bits per heavy atom. The van der Waals surface area contributed by atoms with Crippen molar-refractivity contribution in [1.82, 2.24) is 4.98 Å². The van der Waals surface area contributed by atoms with Gasteiger partial charge in [0.15, 0.2) is 12.1 Å². The molecule has 1 aliphatic rings. The van der Waals surface area contributed by atoms with Gasteiger partial charge in [0.25, 0.3) is 0 Å². The van der Waals surface area contributed by atoms with Crippen LogP contribution in [0.2, 0.25) is 0 Å². The average Bonchev–Trinajstić information content (AvgIpc) is 3.14. The van der Waals surface area contributed by atoms with Crippen LogP contribution in [0.5, 0.6) is 0 Å². The standard InChI is InChI=1S/C18H20N2O2/c1-12-17(13(2)22)18(16(11-21)19-12)14-5-7-15(8-6-14)20-9-3-4-10-20/h5-8,11,19H,3-4,9-10H2,1-2H3. The summed E-state index contributed by atoms with van der Waals surface area (Å²) in [7, 11) is 0. The molecule has 0 saturated carbocycles. The number of aromatic amines is 1. The quantitative estimate of drug-likeness (QED) is 0.692. The van der Waals surface area contributed by atoms with Gasteiger partial charge in [-0.2, -0.15) is 0 Å². The van der Waals surface area contributed by atoms with Crippen LogP contribution in [0, 0.1) is 6.92 Å². The predicted molar refractivity (Wildman–Crippen MR) is 87.8 cm³/mol. The highest BCUT2D eigenvalue weighted by atomic mass is 16.1. The Morgan fingerprint density at radius 3 is 2.36 bits per heavy atom. The zero-order valence-electron chi connectivity index (χ0n) is 13.0. The molecule has 1 aromatic heterocycles. The molecule has 1 fully saturated rings. The minimum absolute atomic E-state index is 0.0273. The van der Waals surface area contributed by atoms with Crippen LogP contribution in [0.3, 0.4) is 0 Å². The van der Waals surface area contributed by atoms with Crippen molar-refractivity contribution < 1.29 is 9.59 Å². The smallest absolute Gasteiger partial charge is 0.166 e. The average molecular weight is 296 g/mol. The van der Waals surface area contributed by atoms with Crippen molar-refractivity contribution in [1.29, 1.82) is 0 Å². The van der Waals surface area contributed by atoms with E-state index in [-0.39, 0.29) is 5.78 Å². The molecule has 0 spiro atoms. The number of nitrogens with one attached hydrogen (secondary N) is 1. The van der Waals surface area contributed by atoms with E-state index in [2.05, 4.69) is 22.0 Å². The van der Waals surface area contributed by atoms with Crippen LogP contribution in [0.1, 0.15) is 46.3 Å². The largest absolute Gasteiger partial charge is 0.372 e. The van der Waals surface area contributed by atoms with Gasteiger partial charge >= 0.3 is 0 Å². The first-order valence-corrected chi connectivity index (χ1v) is 7.66. The molecule has 2 heterocycles. The third-order valence-corrected chi connectivity index (χ3v) is 4.31. The molecule has 0 amide bonds. The van der Waals surface area contributed by atoms with Gasteiger partial charge in [-0.15, -0.1) is 0 Å². The third-order valence-electron chi connectivity index (χ3n) is 4.31. The van der Waals surface area contributed by atoms with Crippen LogP contribution in [-0.2, 0) is 0 Å². The number of benzene rings is 1. The summed E-state index contributed by atoms with van der Waals surface area (Å²) in [6.07, 6.45) is 3.26. The van der Waals surface area contributed by atoms with Crippen molar-refractivity contribution in [3.05, 3.63) is 41.2 Å². The first kappa shape index (κ1) is 14.6. The molecule has 0 atom stereocenters. The number of carbonyl (C=O) groups excluding carboxylic acids is 2. The summed E-state index contributed by atoms with van der Waals surface area (Å²) in [4.78, 5) is 28.6. The van der Waals surface area contributed by atoms with Crippen molar-refractivity contribution in [3.8, 4) is 11.1 Å². The molecular formula is C18H20N2O2. The maximum Gasteiger partial charge on any atom is 0.166 e. The van der Waals surface area contributed by atoms with E-state index in [9.17, 15) is 9.59 Å². The molecule has 114 valence electrons. The van der Waals surface area contributed by atoms with Gasteiger partial charge in [-0.1, -0.05) is 12.1 Å². The van der Waals surface area contributed by atoms with Crippen LogP contribution in [0.25, 0.3) is 11.1 Å².